The van der Waals surface area contributed by atoms with E-state index in [1.54, 1.807) is 6.26 Å². The van der Waals surface area contributed by atoms with Gasteiger partial charge in [0, 0.05) is 0 Å². The van der Waals surface area contributed by atoms with E-state index in [-0.39, 0.29) is 5.92 Å². The van der Waals surface area contributed by atoms with Gasteiger partial charge < -0.3 is 0 Å². The molecule has 0 saturated carbocycles. The molecule has 18 heavy (non-hydrogen) atoms. The zero-order chi connectivity index (χ0) is 12.2. The summed E-state index contributed by atoms with van der Waals surface area (Å²) >= 11 is 0. The minimum absolute atomic E-state index is 0.242. The molecule has 0 spiro atoms. The van der Waals surface area contributed by atoms with Crippen molar-refractivity contribution in [3.05, 3.63) is 89.6 Å². The van der Waals surface area contributed by atoms with E-state index < -0.39 is 0 Å². The molecule has 1 aromatic heterocycles. The van der Waals surface area contributed by atoms with Gasteiger partial charge in [0.15, 0.2) is 0 Å². The maximum absolute atomic E-state index is 5.24. The van der Waals surface area contributed by atoms with Crippen LogP contribution in [0.4, 0.5) is 0 Å². The second-order valence-electron chi connectivity index (χ2n) is 4.31. The molecule has 0 radical (unpaired) electrons. The van der Waals surface area contributed by atoms with Crippen LogP contribution in [-0.4, -0.2) is 7.13 Å². The van der Waals surface area contributed by atoms with Gasteiger partial charge in [-0.05, 0) is 0 Å². The standard InChI is InChI=1S/C16H13BO/c1-3-7-13(8-4-1)16(15-11-12-18-17-15)14-9-5-2-6-10-14/h1-12,16H. The van der Waals surface area contributed by atoms with Crippen LogP contribution in [0.1, 0.15) is 22.5 Å². The van der Waals surface area contributed by atoms with Crippen molar-refractivity contribution in [3.63, 3.8) is 0 Å². The third kappa shape index (κ3) is 2.14. The Labute approximate surface area is 107 Å². The van der Waals surface area contributed by atoms with Crippen LogP contribution in [0.2, 0.25) is 0 Å². The van der Waals surface area contributed by atoms with E-state index in [4.69, 9.17) is 4.33 Å². The van der Waals surface area contributed by atoms with Gasteiger partial charge >= 0.3 is 107 Å². The molecule has 0 fully saturated rings. The molecule has 0 amide bonds. The molecule has 0 unspecified atom stereocenters. The SMILES string of the molecule is b1occc1C(c1ccccc1)c1ccccc1. The Morgan fingerprint density at radius 1 is 0.722 bits per heavy atom. The Hall–Kier alpha value is -2.09. The first-order valence-corrected chi connectivity index (χ1v) is 6.07. The monoisotopic (exact) mass is 232 g/mol. The second-order valence-corrected chi connectivity index (χ2v) is 4.31. The van der Waals surface area contributed by atoms with E-state index in [1.165, 1.54) is 16.6 Å². The zero-order valence-corrected chi connectivity index (χ0v) is 9.99. The molecule has 0 aliphatic heterocycles. The summed E-state index contributed by atoms with van der Waals surface area (Å²) in [5.41, 5.74) is 3.75. The van der Waals surface area contributed by atoms with Crippen molar-refractivity contribution < 1.29 is 4.33 Å². The Morgan fingerprint density at radius 2 is 1.28 bits per heavy atom. The first-order chi connectivity index (χ1) is 8.95. The third-order valence-corrected chi connectivity index (χ3v) is 3.14. The maximum atomic E-state index is 5.24. The first-order valence-electron chi connectivity index (χ1n) is 6.07. The van der Waals surface area contributed by atoms with Crippen molar-refractivity contribution in [3.8, 4) is 0 Å². The van der Waals surface area contributed by atoms with Gasteiger partial charge in [-0.3, -0.25) is 0 Å². The number of hydrogen-bond donors (Lipinski definition) is 0. The molecule has 0 bridgehead atoms. The van der Waals surface area contributed by atoms with Crippen molar-refractivity contribution in [2.45, 2.75) is 5.92 Å². The van der Waals surface area contributed by atoms with Crippen molar-refractivity contribution >= 4 is 7.13 Å². The summed E-state index contributed by atoms with van der Waals surface area (Å²) in [4.78, 5) is 0. The minimum atomic E-state index is 0.242. The molecular weight excluding hydrogens is 219 g/mol. The van der Waals surface area contributed by atoms with Crippen LogP contribution < -0.4 is 0 Å². The summed E-state index contributed by atoms with van der Waals surface area (Å²) in [5, 5.41) is 0. The molecule has 3 aromatic rings. The predicted octanol–water partition coefficient (Wildman–Crippen LogP) is 3.80. The molecule has 0 saturated heterocycles. The van der Waals surface area contributed by atoms with E-state index >= 15 is 0 Å². The Balaban J connectivity index is 2.11. The van der Waals surface area contributed by atoms with Crippen molar-refractivity contribution in [2.75, 3.05) is 0 Å². The second kappa shape index (κ2) is 5.05. The zero-order valence-electron chi connectivity index (χ0n) is 9.99. The average Bonchev–Trinajstić information content (AvgIpc) is 2.95. The fourth-order valence-corrected chi connectivity index (χ4v) is 2.31. The van der Waals surface area contributed by atoms with Crippen LogP contribution in [0.15, 0.2) is 77.3 Å². The van der Waals surface area contributed by atoms with Gasteiger partial charge in [-0.25, -0.2) is 0 Å². The molecule has 1 nitrogen and oxygen atoms in total. The molecule has 0 N–H and O–H groups in total. The Kier molecular flexibility index (Phi) is 3.09. The van der Waals surface area contributed by atoms with E-state index in [0.717, 1.165) is 0 Å². The molecular formula is C16H13BO. The van der Waals surface area contributed by atoms with Crippen molar-refractivity contribution in [1.29, 1.82) is 0 Å². The van der Waals surface area contributed by atoms with Crippen LogP contribution in [0.5, 0.6) is 0 Å². The summed E-state index contributed by atoms with van der Waals surface area (Å²) in [7, 11) is 1.82. The van der Waals surface area contributed by atoms with Crippen LogP contribution >= 0.6 is 0 Å². The van der Waals surface area contributed by atoms with Crippen LogP contribution in [-0.2, 0) is 0 Å². The van der Waals surface area contributed by atoms with E-state index in [1.807, 2.05) is 25.3 Å². The summed E-state index contributed by atoms with van der Waals surface area (Å²) in [6.45, 7) is 0. The van der Waals surface area contributed by atoms with Gasteiger partial charge in [0.1, 0.15) is 0 Å². The van der Waals surface area contributed by atoms with Crippen molar-refractivity contribution in [2.24, 2.45) is 0 Å². The fraction of sp³-hybridized carbons (Fsp3) is 0.0625. The van der Waals surface area contributed by atoms with Gasteiger partial charge in [-0.2, -0.15) is 0 Å². The third-order valence-electron chi connectivity index (χ3n) is 3.14. The van der Waals surface area contributed by atoms with Crippen molar-refractivity contribution in [1.82, 2.24) is 0 Å². The first kappa shape index (κ1) is 11.0. The van der Waals surface area contributed by atoms with Gasteiger partial charge in [0.25, 0.3) is 0 Å². The van der Waals surface area contributed by atoms with Gasteiger partial charge in [0.2, 0.25) is 0 Å². The summed E-state index contributed by atoms with van der Waals surface area (Å²) in [6, 6.07) is 23.0. The summed E-state index contributed by atoms with van der Waals surface area (Å²) < 4.78 is 5.24. The normalized spacial score (nSPS) is 10.5. The molecule has 0 aliphatic carbocycles. The van der Waals surface area contributed by atoms with E-state index in [2.05, 4.69) is 48.5 Å². The molecule has 1 heterocycles. The molecule has 0 aliphatic rings. The summed E-state index contributed by atoms with van der Waals surface area (Å²) in [5.74, 6) is 0.242. The van der Waals surface area contributed by atoms with Gasteiger partial charge in [-0.15, -0.1) is 0 Å². The van der Waals surface area contributed by atoms with E-state index in [9.17, 15) is 0 Å². The number of benzene rings is 2. The fourth-order valence-electron chi connectivity index (χ4n) is 2.31. The Morgan fingerprint density at radius 3 is 1.72 bits per heavy atom. The average molecular weight is 232 g/mol. The van der Waals surface area contributed by atoms with Gasteiger partial charge in [-0.1, -0.05) is 0 Å². The molecule has 2 aromatic carbocycles. The van der Waals surface area contributed by atoms with Crippen LogP contribution in [0.3, 0.4) is 0 Å². The topological polar surface area (TPSA) is 13.1 Å². The van der Waals surface area contributed by atoms with Gasteiger partial charge in [0.05, 0.1) is 0 Å². The molecule has 86 valence electrons. The molecule has 0 atom stereocenters. The van der Waals surface area contributed by atoms with Crippen LogP contribution in [0, 0.1) is 0 Å². The molecule has 3 rings (SSSR count). The Bertz CT molecular complexity index is 548. The van der Waals surface area contributed by atoms with E-state index in [0.29, 0.717) is 0 Å². The number of rotatable bonds is 3. The van der Waals surface area contributed by atoms with Crippen LogP contribution in [0.25, 0.3) is 0 Å². The molecule has 2 heteroatoms. The summed E-state index contributed by atoms with van der Waals surface area (Å²) in [6.07, 6.45) is 1.73. The quantitative estimate of drug-likeness (QED) is 0.669. The number of hydrogen-bond acceptors (Lipinski definition) is 1. The predicted molar refractivity (Wildman–Crippen MR) is 73.9 cm³/mol.